The van der Waals surface area contributed by atoms with Crippen molar-refractivity contribution in [1.82, 2.24) is 19.8 Å². The third kappa shape index (κ3) is 4.87. The number of fused-ring (bicyclic) bond motifs is 6. The number of benzene rings is 2. The van der Waals surface area contributed by atoms with Crippen LogP contribution in [-0.2, 0) is 12.8 Å². The number of piperidine rings is 2. The summed E-state index contributed by atoms with van der Waals surface area (Å²) >= 11 is 0. The minimum atomic E-state index is -0.169. The molecule has 0 amide bonds. The zero-order valence-corrected chi connectivity index (χ0v) is 26.3. The number of halogens is 1. The van der Waals surface area contributed by atoms with E-state index in [4.69, 9.17) is 0 Å². The maximum atomic E-state index is 14.1. The van der Waals surface area contributed by atoms with Crippen molar-refractivity contribution in [3.8, 4) is 0 Å². The first kappa shape index (κ1) is 28.3. The summed E-state index contributed by atoms with van der Waals surface area (Å²) in [5.74, 6) is 3.07. The van der Waals surface area contributed by atoms with E-state index in [1.165, 1.54) is 66.2 Å². The monoisotopic (exact) mass is 590 g/mol. The zero-order valence-electron chi connectivity index (χ0n) is 26.3. The molecule has 2 fully saturated rings. The van der Waals surface area contributed by atoms with Gasteiger partial charge in [-0.25, -0.2) is 4.39 Å². The highest BCUT2D eigenvalue weighted by atomic mass is 19.1. The molecule has 2 saturated heterocycles. The van der Waals surface area contributed by atoms with Crippen molar-refractivity contribution in [3.05, 3.63) is 96.1 Å². The van der Waals surface area contributed by atoms with Crippen molar-refractivity contribution in [2.45, 2.75) is 70.5 Å². The number of aromatic amines is 2. The van der Waals surface area contributed by atoms with Gasteiger partial charge in [0.2, 0.25) is 0 Å². The summed E-state index contributed by atoms with van der Waals surface area (Å²) < 4.78 is 14.1. The van der Waals surface area contributed by atoms with Gasteiger partial charge in [0, 0.05) is 65.4 Å². The molecule has 6 aliphatic rings. The van der Waals surface area contributed by atoms with Gasteiger partial charge in [-0.15, -0.1) is 0 Å². The minimum absolute atomic E-state index is 0.169. The number of aromatic nitrogens is 2. The second-order valence-electron chi connectivity index (χ2n) is 14.2. The number of aryl methyl sites for hydroxylation is 1. The fraction of sp³-hybridized carbons (Fsp3) is 0.487. The van der Waals surface area contributed by atoms with E-state index in [1.807, 2.05) is 6.07 Å². The van der Waals surface area contributed by atoms with Crippen LogP contribution in [0.4, 0.5) is 4.39 Å². The second kappa shape index (κ2) is 11.7. The molecule has 0 saturated carbocycles. The zero-order chi connectivity index (χ0) is 29.8. The number of H-pyrrole nitrogens is 2. The fourth-order valence-electron chi connectivity index (χ4n) is 9.91. The van der Waals surface area contributed by atoms with E-state index >= 15 is 0 Å². The third-order valence-electron chi connectivity index (χ3n) is 11.9. The van der Waals surface area contributed by atoms with Crippen LogP contribution in [0, 0.1) is 35.4 Å². The molecule has 5 heteroatoms. The Kier molecular flexibility index (Phi) is 7.50. The number of nitrogens with one attached hydrogen (secondary N) is 2. The first-order valence-electron chi connectivity index (χ1n) is 17.3. The molecular formula is C39H47FN4. The molecular weight excluding hydrogens is 543 g/mol. The molecule has 230 valence electrons. The smallest absolute Gasteiger partial charge is 0.125 e. The van der Waals surface area contributed by atoms with Gasteiger partial charge in [0.15, 0.2) is 0 Å². The first-order chi connectivity index (χ1) is 21.6. The molecule has 4 nitrogen and oxygen atoms in total. The predicted molar refractivity (Wildman–Crippen MR) is 179 cm³/mol. The average molecular weight is 591 g/mol. The average Bonchev–Trinajstić information content (AvgIpc) is 3.67. The first-order valence-corrected chi connectivity index (χ1v) is 17.3. The molecule has 6 heterocycles. The normalized spacial score (nSPS) is 30.7. The summed E-state index contributed by atoms with van der Waals surface area (Å²) in [5.41, 5.74) is 4.96. The third-order valence-corrected chi connectivity index (χ3v) is 11.9. The van der Waals surface area contributed by atoms with Crippen molar-refractivity contribution < 1.29 is 4.39 Å². The van der Waals surface area contributed by atoms with Gasteiger partial charge in [-0.1, -0.05) is 69.2 Å². The summed E-state index contributed by atoms with van der Waals surface area (Å²) in [6, 6.07) is 15.5. The number of para-hydroxylation sites is 1. The minimum Gasteiger partial charge on any atom is -0.361 e. The van der Waals surface area contributed by atoms with Crippen LogP contribution in [0.5, 0.6) is 0 Å². The Morgan fingerprint density at radius 1 is 0.864 bits per heavy atom. The molecule has 4 aliphatic heterocycles. The van der Waals surface area contributed by atoms with Crippen LogP contribution >= 0.6 is 0 Å². The molecule has 4 bridgehead atoms. The van der Waals surface area contributed by atoms with E-state index < -0.39 is 0 Å². The number of hydrogen-bond acceptors (Lipinski definition) is 2. The van der Waals surface area contributed by atoms with Crippen LogP contribution in [-0.4, -0.2) is 57.5 Å². The molecule has 44 heavy (non-hydrogen) atoms. The lowest BCUT2D eigenvalue weighted by molar-refractivity contribution is -0.0533. The highest BCUT2D eigenvalue weighted by molar-refractivity contribution is 5.83. The topological polar surface area (TPSA) is 38.1 Å². The Morgan fingerprint density at radius 2 is 1.68 bits per heavy atom. The van der Waals surface area contributed by atoms with E-state index in [2.05, 4.69) is 94.6 Å². The molecule has 8 atom stereocenters. The van der Waals surface area contributed by atoms with Crippen molar-refractivity contribution in [2.75, 3.05) is 19.6 Å². The Hall–Kier alpha value is -3.15. The quantitative estimate of drug-likeness (QED) is 0.183. The van der Waals surface area contributed by atoms with E-state index in [0.717, 1.165) is 30.8 Å². The molecule has 2 aliphatic carbocycles. The Labute approximate surface area is 261 Å². The molecule has 0 spiro atoms. The molecule has 2 aromatic heterocycles. The van der Waals surface area contributed by atoms with E-state index in [9.17, 15) is 4.39 Å². The molecule has 4 aromatic rings. The van der Waals surface area contributed by atoms with E-state index in [0.29, 0.717) is 41.8 Å². The fourth-order valence-corrected chi connectivity index (χ4v) is 9.91. The highest BCUT2D eigenvalue weighted by Gasteiger charge is 2.50. The molecule has 10 rings (SSSR count). The van der Waals surface area contributed by atoms with Crippen molar-refractivity contribution in [3.63, 3.8) is 0 Å². The summed E-state index contributed by atoms with van der Waals surface area (Å²) in [6.45, 7) is 8.32. The largest absolute Gasteiger partial charge is 0.361 e. The van der Waals surface area contributed by atoms with Gasteiger partial charge in [-0.05, 0) is 97.2 Å². The number of rotatable bonds is 10. The van der Waals surface area contributed by atoms with Gasteiger partial charge in [0.1, 0.15) is 5.82 Å². The summed E-state index contributed by atoms with van der Waals surface area (Å²) in [7, 11) is 0. The van der Waals surface area contributed by atoms with E-state index in [1.54, 1.807) is 12.1 Å². The van der Waals surface area contributed by atoms with Crippen molar-refractivity contribution >= 4 is 21.8 Å². The second-order valence-corrected chi connectivity index (χ2v) is 14.2. The van der Waals surface area contributed by atoms with Gasteiger partial charge in [-0.2, -0.15) is 0 Å². The van der Waals surface area contributed by atoms with Crippen molar-refractivity contribution in [1.29, 1.82) is 0 Å². The lowest BCUT2D eigenvalue weighted by Gasteiger charge is -2.58. The SMILES string of the molecule is CCC1CC2C=CC1N(C(Cc1c[nH]c3cc(F)ccc13)C1C3C=CC(C1CC)N(CCCc1c[nH]c4ccccc14)C3)C2. The highest BCUT2D eigenvalue weighted by Crippen LogP contribution is 2.48. The summed E-state index contributed by atoms with van der Waals surface area (Å²) in [4.78, 5) is 12.6. The molecule has 2 N–H and O–H groups in total. The molecule has 8 unspecified atom stereocenters. The van der Waals surface area contributed by atoms with Gasteiger partial charge < -0.3 is 9.97 Å². The lowest BCUT2D eigenvalue weighted by Crippen LogP contribution is -2.64. The summed E-state index contributed by atoms with van der Waals surface area (Å²) in [6.07, 6.45) is 21.7. The van der Waals surface area contributed by atoms with Crippen LogP contribution < -0.4 is 0 Å². The Morgan fingerprint density at radius 3 is 2.55 bits per heavy atom. The summed E-state index contributed by atoms with van der Waals surface area (Å²) in [5, 5.41) is 2.56. The standard InChI is InChI=1S/C39H47FN4/c1-3-26-18-25-11-15-36(26)44(23-25)38(19-29-22-42-35-20-30(40)13-14-33(29)35)39-28-12-16-37(31(39)4-2)43(24-28)17-7-8-27-21-41-34-10-6-5-9-32(27)34/h5-6,9-16,20-22,25-26,28,31,36-39,41-42H,3-4,7-8,17-19,23-24H2,1-2H3. The maximum absolute atomic E-state index is 14.1. The Bertz CT molecular complexity index is 1680. The van der Waals surface area contributed by atoms with E-state index in [-0.39, 0.29) is 5.82 Å². The number of hydrogen-bond donors (Lipinski definition) is 2. The lowest BCUT2D eigenvalue weighted by atomic mass is 9.62. The van der Waals surface area contributed by atoms with Crippen LogP contribution in [0.15, 0.2) is 79.2 Å². The van der Waals surface area contributed by atoms with Crippen molar-refractivity contribution in [2.24, 2.45) is 29.6 Å². The van der Waals surface area contributed by atoms with Gasteiger partial charge in [0.05, 0.1) is 0 Å². The maximum Gasteiger partial charge on any atom is 0.125 e. The van der Waals surface area contributed by atoms with Crippen LogP contribution in [0.3, 0.4) is 0 Å². The predicted octanol–water partition coefficient (Wildman–Crippen LogP) is 8.13. The number of nitrogens with zero attached hydrogens (tertiary/aromatic N) is 2. The Balaban J connectivity index is 1.06. The van der Waals surface area contributed by atoms with Gasteiger partial charge >= 0.3 is 0 Å². The van der Waals surface area contributed by atoms with Gasteiger partial charge in [-0.3, -0.25) is 9.80 Å². The van der Waals surface area contributed by atoms with Crippen LogP contribution in [0.2, 0.25) is 0 Å². The molecule has 2 aromatic carbocycles. The molecule has 0 radical (unpaired) electrons. The van der Waals surface area contributed by atoms with Gasteiger partial charge in [0.25, 0.3) is 0 Å². The van der Waals surface area contributed by atoms with Crippen LogP contribution in [0.1, 0.15) is 50.7 Å². The van der Waals surface area contributed by atoms with Crippen LogP contribution in [0.25, 0.3) is 21.8 Å².